The van der Waals surface area contributed by atoms with E-state index in [0.29, 0.717) is 5.92 Å². The van der Waals surface area contributed by atoms with Crippen LogP contribution in [0.3, 0.4) is 0 Å². The lowest BCUT2D eigenvalue weighted by Crippen LogP contribution is -2.11. The number of nitrogens with one attached hydrogen (secondary N) is 1. The summed E-state index contributed by atoms with van der Waals surface area (Å²) in [5.74, 6) is 1.63. The molecule has 0 radical (unpaired) electrons. The van der Waals surface area contributed by atoms with Crippen LogP contribution in [0.2, 0.25) is 0 Å². The number of hydrogen-bond acceptors (Lipinski definition) is 3. The molecular weight excluding hydrogens is 176 g/mol. The van der Waals surface area contributed by atoms with Crippen LogP contribution < -0.4 is 5.32 Å². The Hall–Kier alpha value is -0.990. The molecule has 0 unspecified atom stereocenters. The lowest BCUT2D eigenvalue weighted by Gasteiger charge is -2.13. The maximum atomic E-state index is 5.34. The maximum absolute atomic E-state index is 5.34. The normalized spacial score (nSPS) is 22.0. The third-order valence-corrected chi connectivity index (χ3v) is 3.45. The first kappa shape index (κ1) is 8.33. The van der Waals surface area contributed by atoms with Crippen molar-refractivity contribution in [2.24, 2.45) is 0 Å². The average molecular weight is 192 g/mol. The van der Waals surface area contributed by atoms with Gasteiger partial charge in [0.15, 0.2) is 0 Å². The van der Waals surface area contributed by atoms with Crippen LogP contribution in [-0.4, -0.2) is 11.7 Å². The topological polar surface area (TPSA) is 38.1 Å². The van der Waals surface area contributed by atoms with Crippen molar-refractivity contribution in [2.75, 3.05) is 11.9 Å². The van der Waals surface area contributed by atoms with Gasteiger partial charge in [-0.3, -0.25) is 0 Å². The van der Waals surface area contributed by atoms with Gasteiger partial charge in [0, 0.05) is 18.0 Å². The van der Waals surface area contributed by atoms with E-state index in [1.807, 2.05) is 0 Å². The third kappa shape index (κ3) is 1.22. The summed E-state index contributed by atoms with van der Waals surface area (Å²) in [5.41, 5.74) is 2.62. The predicted octanol–water partition coefficient (Wildman–Crippen LogP) is 2.69. The van der Waals surface area contributed by atoms with Crippen LogP contribution in [0, 0.1) is 0 Å². The van der Waals surface area contributed by atoms with Gasteiger partial charge in [-0.1, -0.05) is 18.0 Å². The van der Waals surface area contributed by atoms with Gasteiger partial charge < -0.3 is 9.84 Å². The highest BCUT2D eigenvalue weighted by molar-refractivity contribution is 5.46. The largest absolute Gasteiger partial charge is 0.354 e. The van der Waals surface area contributed by atoms with Crippen molar-refractivity contribution < 1.29 is 4.52 Å². The van der Waals surface area contributed by atoms with E-state index in [-0.39, 0.29) is 0 Å². The van der Waals surface area contributed by atoms with Crippen molar-refractivity contribution in [1.82, 2.24) is 5.16 Å². The van der Waals surface area contributed by atoms with Gasteiger partial charge in [0.2, 0.25) is 5.88 Å². The van der Waals surface area contributed by atoms with E-state index in [2.05, 4.69) is 10.5 Å². The van der Waals surface area contributed by atoms with Gasteiger partial charge in [-0.25, -0.2) is 0 Å². The summed E-state index contributed by atoms with van der Waals surface area (Å²) in [6.45, 7) is 1.03. The van der Waals surface area contributed by atoms with E-state index < -0.39 is 0 Å². The third-order valence-electron chi connectivity index (χ3n) is 3.45. The Morgan fingerprint density at radius 2 is 2.07 bits per heavy atom. The Balaban J connectivity index is 1.93. The first-order chi connectivity index (χ1) is 6.95. The molecule has 3 nitrogen and oxygen atoms in total. The number of anilines is 1. The van der Waals surface area contributed by atoms with Crippen LogP contribution >= 0.6 is 0 Å². The van der Waals surface area contributed by atoms with Crippen molar-refractivity contribution in [3.8, 4) is 0 Å². The highest BCUT2D eigenvalue weighted by Crippen LogP contribution is 2.38. The Labute approximate surface area is 83.9 Å². The van der Waals surface area contributed by atoms with Crippen LogP contribution in [0.1, 0.15) is 49.3 Å². The molecule has 1 aromatic rings. The van der Waals surface area contributed by atoms with Crippen molar-refractivity contribution >= 4 is 5.88 Å². The fourth-order valence-electron chi connectivity index (χ4n) is 2.69. The molecule has 2 aliphatic rings. The van der Waals surface area contributed by atoms with Crippen LogP contribution in [0.5, 0.6) is 0 Å². The fraction of sp³-hybridized carbons (Fsp3) is 0.727. The zero-order valence-electron chi connectivity index (χ0n) is 8.38. The molecule has 0 amide bonds. The van der Waals surface area contributed by atoms with Crippen LogP contribution in [0.15, 0.2) is 4.52 Å². The van der Waals surface area contributed by atoms with Gasteiger partial charge >= 0.3 is 0 Å². The molecule has 14 heavy (non-hydrogen) atoms. The van der Waals surface area contributed by atoms with Crippen LogP contribution in [0.25, 0.3) is 0 Å². The molecule has 0 atom stereocenters. The minimum absolute atomic E-state index is 0.683. The van der Waals surface area contributed by atoms with E-state index in [1.54, 1.807) is 0 Å². The molecule has 1 aliphatic carbocycles. The van der Waals surface area contributed by atoms with Gasteiger partial charge in [-0.15, -0.1) is 0 Å². The SMILES string of the molecule is C1CNc2onc(C3CCCC3)c2C1. The zero-order chi connectivity index (χ0) is 9.38. The maximum Gasteiger partial charge on any atom is 0.228 e. The van der Waals surface area contributed by atoms with Crippen molar-refractivity contribution in [2.45, 2.75) is 44.4 Å². The minimum atomic E-state index is 0.683. The molecule has 1 aliphatic heterocycles. The van der Waals surface area contributed by atoms with Gasteiger partial charge in [-0.05, 0) is 25.7 Å². The molecule has 0 saturated heterocycles. The van der Waals surface area contributed by atoms with E-state index in [4.69, 9.17) is 4.52 Å². The minimum Gasteiger partial charge on any atom is -0.354 e. The predicted molar refractivity (Wildman–Crippen MR) is 54.5 cm³/mol. The Kier molecular flexibility index (Phi) is 1.96. The molecule has 2 heterocycles. The molecule has 0 bridgehead atoms. The second-order valence-corrected chi connectivity index (χ2v) is 4.39. The second kappa shape index (κ2) is 3.30. The zero-order valence-corrected chi connectivity index (χ0v) is 8.38. The van der Waals surface area contributed by atoms with Crippen molar-refractivity contribution in [1.29, 1.82) is 0 Å². The smallest absolute Gasteiger partial charge is 0.228 e. The average Bonchev–Trinajstić information content (AvgIpc) is 2.85. The summed E-state index contributed by atoms with van der Waals surface area (Å²) < 4.78 is 5.34. The van der Waals surface area contributed by atoms with Crippen molar-refractivity contribution in [3.63, 3.8) is 0 Å². The molecule has 76 valence electrons. The van der Waals surface area contributed by atoms with E-state index in [1.165, 1.54) is 43.4 Å². The summed E-state index contributed by atoms with van der Waals surface area (Å²) in [4.78, 5) is 0. The highest BCUT2D eigenvalue weighted by Gasteiger charge is 2.27. The summed E-state index contributed by atoms with van der Waals surface area (Å²) in [5, 5.41) is 7.52. The molecule has 1 fully saturated rings. The lowest BCUT2D eigenvalue weighted by atomic mass is 9.96. The lowest BCUT2D eigenvalue weighted by molar-refractivity contribution is 0.415. The van der Waals surface area contributed by atoms with Crippen LogP contribution in [0.4, 0.5) is 5.88 Å². The van der Waals surface area contributed by atoms with Gasteiger partial charge in [0.1, 0.15) is 0 Å². The molecule has 1 saturated carbocycles. The number of fused-ring (bicyclic) bond motifs is 1. The van der Waals surface area contributed by atoms with Gasteiger partial charge in [0.05, 0.1) is 5.69 Å². The summed E-state index contributed by atoms with van der Waals surface area (Å²) in [6, 6.07) is 0. The summed E-state index contributed by atoms with van der Waals surface area (Å²) >= 11 is 0. The molecular formula is C11H16N2O. The van der Waals surface area contributed by atoms with E-state index in [9.17, 15) is 0 Å². The second-order valence-electron chi connectivity index (χ2n) is 4.39. The summed E-state index contributed by atoms with van der Waals surface area (Å²) in [7, 11) is 0. The van der Waals surface area contributed by atoms with E-state index in [0.717, 1.165) is 18.8 Å². The van der Waals surface area contributed by atoms with Gasteiger partial charge in [-0.2, -0.15) is 0 Å². The van der Waals surface area contributed by atoms with Crippen LogP contribution in [-0.2, 0) is 6.42 Å². The Bertz CT molecular complexity index is 326. The number of aromatic nitrogens is 1. The standard InChI is InChI=1S/C11H16N2O/c1-2-5-8(4-1)10-9-6-3-7-12-11(9)14-13-10/h8,12H,1-7H2. The molecule has 1 aromatic heterocycles. The highest BCUT2D eigenvalue weighted by atomic mass is 16.5. The monoisotopic (exact) mass is 192 g/mol. The first-order valence-corrected chi connectivity index (χ1v) is 5.67. The van der Waals surface area contributed by atoms with Gasteiger partial charge in [0.25, 0.3) is 0 Å². The molecule has 0 aromatic carbocycles. The Morgan fingerprint density at radius 1 is 1.21 bits per heavy atom. The molecule has 3 rings (SSSR count). The summed E-state index contributed by atoms with van der Waals surface area (Å²) in [6.07, 6.45) is 7.70. The van der Waals surface area contributed by atoms with E-state index >= 15 is 0 Å². The van der Waals surface area contributed by atoms with Crippen molar-refractivity contribution in [3.05, 3.63) is 11.3 Å². The molecule has 0 spiro atoms. The fourth-order valence-corrected chi connectivity index (χ4v) is 2.69. The Morgan fingerprint density at radius 3 is 2.93 bits per heavy atom. The first-order valence-electron chi connectivity index (χ1n) is 5.67. The molecule has 3 heteroatoms. The number of nitrogens with zero attached hydrogens (tertiary/aromatic N) is 1. The molecule has 1 N–H and O–H groups in total. The quantitative estimate of drug-likeness (QED) is 0.743. The number of hydrogen-bond donors (Lipinski definition) is 1. The number of rotatable bonds is 1.